The van der Waals surface area contributed by atoms with E-state index in [2.05, 4.69) is 19.9 Å². The van der Waals surface area contributed by atoms with E-state index in [9.17, 15) is 24.6 Å². The number of carbonyl (C=O) groups is 3. The highest BCUT2D eigenvalue weighted by atomic mass is 16.6. The van der Waals surface area contributed by atoms with Crippen LogP contribution < -0.4 is 0 Å². The molecule has 11 nitrogen and oxygen atoms in total. The van der Waals surface area contributed by atoms with Gasteiger partial charge >= 0.3 is 11.9 Å². The van der Waals surface area contributed by atoms with Gasteiger partial charge in [-0.25, -0.2) is 4.79 Å². The summed E-state index contributed by atoms with van der Waals surface area (Å²) in [5.41, 5.74) is 0.937. The summed E-state index contributed by atoms with van der Waals surface area (Å²) in [6.45, 7) is 8.10. The van der Waals surface area contributed by atoms with Crippen LogP contribution in [0.5, 0.6) is 0 Å². The molecular formula is C47H64O11. The van der Waals surface area contributed by atoms with Gasteiger partial charge in [-0.3, -0.25) is 9.59 Å². The number of carboxylic acids is 1. The normalized spacial score (nSPS) is 38.2. The fourth-order valence-corrected chi connectivity index (χ4v) is 8.28. The van der Waals surface area contributed by atoms with Crippen LogP contribution >= 0.6 is 0 Å². The van der Waals surface area contributed by atoms with Crippen molar-refractivity contribution >= 4 is 17.7 Å². The van der Waals surface area contributed by atoms with E-state index in [1.807, 2.05) is 68.5 Å². The topological polar surface area (TPSA) is 158 Å². The maximum atomic E-state index is 13.0. The fraction of sp³-hybridized carbons (Fsp3) is 0.596. The molecule has 0 aromatic rings. The summed E-state index contributed by atoms with van der Waals surface area (Å²) in [5, 5.41) is 30.8. The Morgan fingerprint density at radius 2 is 1.53 bits per heavy atom. The zero-order valence-corrected chi connectivity index (χ0v) is 34.4. The van der Waals surface area contributed by atoms with Gasteiger partial charge in [-0.05, 0) is 69.1 Å². The Labute approximate surface area is 343 Å². The van der Waals surface area contributed by atoms with Crippen LogP contribution in [0, 0.1) is 17.8 Å². The first kappa shape index (κ1) is 45.4. The summed E-state index contributed by atoms with van der Waals surface area (Å²) in [6, 6.07) is 0. The predicted molar refractivity (Wildman–Crippen MR) is 221 cm³/mol. The summed E-state index contributed by atoms with van der Waals surface area (Å²) in [4.78, 5) is 36.9. The van der Waals surface area contributed by atoms with Gasteiger partial charge in [-0.1, -0.05) is 100 Å². The second kappa shape index (κ2) is 22.6. The number of fused-ring (bicyclic) bond motifs is 13. The lowest BCUT2D eigenvalue weighted by atomic mass is 9.86. The van der Waals surface area contributed by atoms with Gasteiger partial charge in [-0.2, -0.15) is 0 Å². The van der Waals surface area contributed by atoms with Gasteiger partial charge in [0.05, 0.1) is 42.7 Å². The minimum atomic E-state index is -1.38. The molecule has 3 fully saturated rings. The van der Waals surface area contributed by atoms with Crippen molar-refractivity contribution < 1.29 is 53.4 Å². The number of carbonyl (C=O) groups excluding carboxylic acids is 2. The summed E-state index contributed by atoms with van der Waals surface area (Å²) >= 11 is 0. The highest BCUT2D eigenvalue weighted by Crippen LogP contribution is 2.38. The molecule has 0 saturated carbocycles. The number of hydrogen-bond donors (Lipinski definition) is 3. The van der Waals surface area contributed by atoms with Crippen LogP contribution in [0.2, 0.25) is 0 Å². The monoisotopic (exact) mass is 804 g/mol. The van der Waals surface area contributed by atoms with E-state index in [0.29, 0.717) is 32.1 Å². The Hall–Kier alpha value is -3.71. The zero-order valence-electron chi connectivity index (χ0n) is 34.4. The number of hydrogen-bond acceptors (Lipinski definition) is 10. The molecule has 14 unspecified atom stereocenters. The fourth-order valence-electron chi connectivity index (χ4n) is 8.28. The Morgan fingerprint density at radius 1 is 0.759 bits per heavy atom. The van der Waals surface area contributed by atoms with Crippen LogP contribution in [-0.2, 0) is 38.1 Å². The molecule has 6 heterocycles. The largest absolute Gasteiger partial charge is 0.481 e. The summed E-state index contributed by atoms with van der Waals surface area (Å²) in [7, 11) is 0. The molecule has 14 atom stereocenters. The molecule has 6 aliphatic rings. The zero-order chi connectivity index (χ0) is 41.6. The molecule has 0 radical (unpaired) electrons. The highest BCUT2D eigenvalue weighted by Gasteiger charge is 2.45. The number of ether oxygens (including phenoxy) is 5. The Morgan fingerprint density at radius 3 is 2.34 bits per heavy atom. The molecule has 0 aromatic carbocycles. The molecule has 0 amide bonds. The molecule has 0 spiro atoms. The first-order valence-corrected chi connectivity index (χ1v) is 21.2. The van der Waals surface area contributed by atoms with Gasteiger partial charge in [0.25, 0.3) is 0 Å². The summed E-state index contributed by atoms with van der Waals surface area (Å²) < 4.78 is 31.4. The highest BCUT2D eigenvalue weighted by molar-refractivity contribution is 5.93. The standard InChI is InChI=1S/C47H64O11/c1-30(17-14-15-23-44(50)51)27-31(2)47-40-26-25-34(54-47)18-10-6-5-7-11-19-35(48)46(53)43-28-36(49)32(3)37(56-43)21-16-22-38-33(4)41-29-42(55-38)39(57-41)20-12-8-9-13-24-45(52)58-40/h6,8-13,16,19-20,22,24-27,30,32-34,36-43,46-47,49,53H,5,7,14-15,17-18,21,23,28-29H2,1-4H3,(H,50,51)/b9-8?,10-6?,19-11+,20-12?,22-16?,24-13+,31-27?. The minimum absolute atomic E-state index is 0.0411. The molecule has 3 N–H and O–H groups in total. The van der Waals surface area contributed by atoms with Gasteiger partial charge in [0.15, 0.2) is 11.9 Å². The van der Waals surface area contributed by atoms with Crippen molar-refractivity contribution in [3.8, 4) is 0 Å². The number of aliphatic hydroxyl groups excluding tert-OH is 2. The van der Waals surface area contributed by atoms with Gasteiger partial charge in [-0.15, -0.1) is 0 Å². The second-order valence-corrected chi connectivity index (χ2v) is 16.5. The van der Waals surface area contributed by atoms with Crippen LogP contribution in [0.4, 0.5) is 0 Å². The number of ketones is 1. The van der Waals surface area contributed by atoms with E-state index in [0.717, 1.165) is 24.8 Å². The first-order valence-electron chi connectivity index (χ1n) is 21.2. The van der Waals surface area contributed by atoms with E-state index in [4.69, 9.17) is 28.8 Å². The molecule has 0 aliphatic carbocycles. The predicted octanol–water partition coefficient (Wildman–Crippen LogP) is 7.01. The smallest absolute Gasteiger partial charge is 0.331 e. The average Bonchev–Trinajstić information content (AvgIpc) is 3.54. The van der Waals surface area contributed by atoms with Crippen molar-refractivity contribution in [3.63, 3.8) is 0 Å². The van der Waals surface area contributed by atoms with E-state index in [1.165, 1.54) is 12.2 Å². The van der Waals surface area contributed by atoms with Crippen molar-refractivity contribution in [2.45, 2.75) is 159 Å². The number of aliphatic carboxylic acids is 1. The molecule has 0 aromatic heterocycles. The summed E-state index contributed by atoms with van der Waals surface area (Å²) in [6.07, 6.45) is 28.3. The number of allylic oxidation sites excluding steroid dienone is 7. The number of esters is 1. The van der Waals surface area contributed by atoms with E-state index >= 15 is 0 Å². The minimum Gasteiger partial charge on any atom is -0.481 e. The lowest BCUT2D eigenvalue weighted by Crippen LogP contribution is -2.49. The van der Waals surface area contributed by atoms with Crippen LogP contribution in [0.1, 0.15) is 91.9 Å². The molecule has 11 heteroatoms. The van der Waals surface area contributed by atoms with Crippen molar-refractivity contribution in [1.29, 1.82) is 0 Å². The third-order valence-electron chi connectivity index (χ3n) is 11.8. The SMILES string of the molecule is CC(=CC(C)CCCCC(=O)O)C1OC2C=CC1OC(=O)/C=C/C=CC=CC1OC3CC1OC(C=CCC1OC(CC(O)C1C)C(O)C(=O)/C=C/CCC=CC2)C3C. The van der Waals surface area contributed by atoms with Gasteiger partial charge in [0, 0.05) is 37.2 Å². The number of rotatable bonds is 7. The number of aliphatic hydroxyl groups is 2. The molecule has 3 saturated heterocycles. The maximum absolute atomic E-state index is 13.0. The Balaban J connectivity index is 1.29. The third kappa shape index (κ3) is 13.4. The molecule has 6 rings (SSSR count). The average molecular weight is 805 g/mol. The quantitative estimate of drug-likeness (QED) is 0.138. The molecular weight excluding hydrogens is 741 g/mol. The third-order valence-corrected chi connectivity index (χ3v) is 11.8. The van der Waals surface area contributed by atoms with Crippen LogP contribution in [0.15, 0.2) is 96.7 Å². The molecule has 318 valence electrons. The number of carboxylic acid groups (broad SMARTS) is 1. The Kier molecular flexibility index (Phi) is 17.7. The van der Waals surface area contributed by atoms with Crippen LogP contribution in [-0.4, -0.2) is 100 Å². The number of unbranched alkanes of at least 4 members (excludes halogenated alkanes) is 1. The van der Waals surface area contributed by atoms with Gasteiger partial charge in [0.2, 0.25) is 0 Å². The maximum Gasteiger partial charge on any atom is 0.331 e. The van der Waals surface area contributed by atoms with Crippen molar-refractivity contribution in [2.75, 3.05) is 0 Å². The van der Waals surface area contributed by atoms with Crippen LogP contribution in [0.25, 0.3) is 0 Å². The van der Waals surface area contributed by atoms with E-state index < -0.39 is 48.2 Å². The van der Waals surface area contributed by atoms with Crippen molar-refractivity contribution in [1.82, 2.24) is 0 Å². The lowest BCUT2D eigenvalue weighted by Gasteiger charge is -2.39. The van der Waals surface area contributed by atoms with E-state index in [-0.39, 0.29) is 67.2 Å². The first-order chi connectivity index (χ1) is 27.9. The molecule has 58 heavy (non-hydrogen) atoms. The van der Waals surface area contributed by atoms with Crippen molar-refractivity contribution in [3.05, 3.63) is 96.7 Å². The molecule has 7 bridgehead atoms. The van der Waals surface area contributed by atoms with Crippen molar-refractivity contribution in [2.24, 2.45) is 17.8 Å². The Bertz CT molecular complexity index is 1620. The van der Waals surface area contributed by atoms with E-state index in [1.54, 1.807) is 18.2 Å². The molecule has 6 aliphatic heterocycles. The van der Waals surface area contributed by atoms with Gasteiger partial charge in [0.1, 0.15) is 18.3 Å². The lowest BCUT2D eigenvalue weighted by molar-refractivity contribution is -0.168. The van der Waals surface area contributed by atoms with Gasteiger partial charge < -0.3 is 39.0 Å². The van der Waals surface area contributed by atoms with Crippen LogP contribution in [0.3, 0.4) is 0 Å². The summed E-state index contributed by atoms with van der Waals surface area (Å²) in [5.74, 6) is -1.59. The second-order valence-electron chi connectivity index (χ2n) is 16.5.